The summed E-state index contributed by atoms with van der Waals surface area (Å²) in [6, 6.07) is 0. The van der Waals surface area contributed by atoms with Gasteiger partial charge in [0.25, 0.3) is 0 Å². The molecular formula is C12H19F3O3. The zero-order chi connectivity index (χ0) is 13.8. The minimum absolute atomic E-state index is 0.0107. The van der Waals surface area contributed by atoms with Gasteiger partial charge in [0.05, 0.1) is 6.10 Å². The highest BCUT2D eigenvalue weighted by Crippen LogP contribution is 2.41. The molecule has 0 spiro atoms. The summed E-state index contributed by atoms with van der Waals surface area (Å²) < 4.78 is 48.0. The van der Waals surface area contributed by atoms with Crippen LogP contribution in [0.2, 0.25) is 0 Å². The van der Waals surface area contributed by atoms with E-state index < -0.39 is 24.4 Å². The van der Waals surface area contributed by atoms with Gasteiger partial charge in [-0.25, -0.2) is 0 Å². The molecule has 0 heterocycles. The van der Waals surface area contributed by atoms with Crippen LogP contribution in [-0.2, 0) is 14.3 Å². The first-order chi connectivity index (χ1) is 8.31. The molecule has 0 aliphatic heterocycles. The van der Waals surface area contributed by atoms with Crippen LogP contribution in [0.4, 0.5) is 13.2 Å². The second-order valence-electron chi connectivity index (χ2n) is 4.81. The Morgan fingerprint density at radius 2 is 1.83 bits per heavy atom. The van der Waals surface area contributed by atoms with Gasteiger partial charge in [0.2, 0.25) is 0 Å². The first-order valence-electron chi connectivity index (χ1n) is 6.17. The number of carbonyl (C=O) groups excluding carboxylic acids is 1. The fraction of sp³-hybridized carbons (Fsp3) is 0.917. The molecule has 0 bridgehead atoms. The van der Waals surface area contributed by atoms with Crippen LogP contribution in [0.1, 0.15) is 46.0 Å². The molecule has 0 radical (unpaired) electrons. The van der Waals surface area contributed by atoms with Crippen LogP contribution in [0.3, 0.4) is 0 Å². The van der Waals surface area contributed by atoms with Crippen molar-refractivity contribution in [3.05, 3.63) is 0 Å². The molecule has 6 heteroatoms. The Balaban J connectivity index is 2.42. The van der Waals surface area contributed by atoms with Crippen molar-refractivity contribution in [2.75, 3.05) is 6.79 Å². The van der Waals surface area contributed by atoms with E-state index in [2.05, 4.69) is 4.74 Å². The Morgan fingerprint density at radius 1 is 1.28 bits per heavy atom. The van der Waals surface area contributed by atoms with E-state index in [4.69, 9.17) is 4.74 Å². The van der Waals surface area contributed by atoms with E-state index in [0.717, 1.165) is 32.6 Å². The minimum atomic E-state index is -4.60. The summed E-state index contributed by atoms with van der Waals surface area (Å²) in [7, 11) is 0. The molecule has 1 unspecified atom stereocenters. The van der Waals surface area contributed by atoms with Crippen molar-refractivity contribution in [2.45, 2.75) is 58.2 Å². The Labute approximate surface area is 105 Å². The topological polar surface area (TPSA) is 35.5 Å². The number of hydrogen-bond acceptors (Lipinski definition) is 3. The van der Waals surface area contributed by atoms with Crippen LogP contribution in [0, 0.1) is 5.41 Å². The van der Waals surface area contributed by atoms with Gasteiger partial charge in [-0.1, -0.05) is 19.8 Å². The summed E-state index contributed by atoms with van der Waals surface area (Å²) in [6.07, 6.45) is -1.09. The number of carbonyl (C=O) groups is 1. The first-order valence-corrected chi connectivity index (χ1v) is 6.17. The van der Waals surface area contributed by atoms with E-state index in [0.29, 0.717) is 0 Å². The third-order valence-corrected chi connectivity index (χ3v) is 3.58. The van der Waals surface area contributed by atoms with Crippen molar-refractivity contribution < 1.29 is 27.4 Å². The number of rotatable bonds is 5. The van der Waals surface area contributed by atoms with Gasteiger partial charge in [-0.05, 0) is 26.2 Å². The quantitative estimate of drug-likeness (QED) is 0.566. The van der Waals surface area contributed by atoms with E-state index in [1.54, 1.807) is 0 Å². The smallest absolute Gasteiger partial charge is 0.404 e. The van der Waals surface area contributed by atoms with Crippen LogP contribution in [0.5, 0.6) is 0 Å². The fourth-order valence-corrected chi connectivity index (χ4v) is 1.86. The zero-order valence-corrected chi connectivity index (χ0v) is 10.7. The van der Waals surface area contributed by atoms with E-state index in [1.165, 1.54) is 6.92 Å². The lowest BCUT2D eigenvalue weighted by Crippen LogP contribution is -2.43. The highest BCUT2D eigenvalue weighted by molar-refractivity contribution is 5.77. The SMILES string of the molecule is CCC(C)(C(=O)OCOC1CCCC1)C(F)(F)F. The zero-order valence-electron chi connectivity index (χ0n) is 10.7. The lowest BCUT2D eigenvalue weighted by atomic mass is 9.87. The molecule has 18 heavy (non-hydrogen) atoms. The van der Waals surface area contributed by atoms with Crippen LogP contribution in [0.25, 0.3) is 0 Å². The molecule has 0 N–H and O–H groups in total. The van der Waals surface area contributed by atoms with Crippen molar-refractivity contribution in [3.63, 3.8) is 0 Å². The van der Waals surface area contributed by atoms with Crippen molar-refractivity contribution in [1.29, 1.82) is 0 Å². The molecule has 0 aromatic carbocycles. The third-order valence-electron chi connectivity index (χ3n) is 3.58. The van der Waals surface area contributed by atoms with Crippen molar-refractivity contribution >= 4 is 5.97 Å². The molecule has 3 nitrogen and oxygen atoms in total. The number of ether oxygens (including phenoxy) is 2. The van der Waals surface area contributed by atoms with E-state index >= 15 is 0 Å². The van der Waals surface area contributed by atoms with E-state index in [1.807, 2.05) is 0 Å². The Hall–Kier alpha value is -0.780. The van der Waals surface area contributed by atoms with Crippen molar-refractivity contribution in [2.24, 2.45) is 5.41 Å². The van der Waals surface area contributed by atoms with Crippen LogP contribution < -0.4 is 0 Å². The van der Waals surface area contributed by atoms with Gasteiger partial charge in [-0.2, -0.15) is 13.2 Å². The molecule has 106 valence electrons. The van der Waals surface area contributed by atoms with Gasteiger partial charge >= 0.3 is 12.1 Å². The van der Waals surface area contributed by atoms with E-state index in [-0.39, 0.29) is 12.5 Å². The average Bonchev–Trinajstić information content (AvgIpc) is 2.79. The summed E-state index contributed by atoms with van der Waals surface area (Å²) in [4.78, 5) is 11.5. The highest BCUT2D eigenvalue weighted by atomic mass is 19.4. The minimum Gasteiger partial charge on any atom is -0.438 e. The Morgan fingerprint density at radius 3 is 2.28 bits per heavy atom. The second-order valence-corrected chi connectivity index (χ2v) is 4.81. The number of halogens is 3. The standard InChI is InChI=1S/C12H19F3O3/c1-3-11(2,12(13,14)15)10(16)18-8-17-9-6-4-5-7-9/h9H,3-8H2,1-2H3. The molecule has 1 saturated carbocycles. The third kappa shape index (κ3) is 3.37. The van der Waals surface area contributed by atoms with Crippen LogP contribution in [0.15, 0.2) is 0 Å². The highest BCUT2D eigenvalue weighted by Gasteiger charge is 2.56. The maximum absolute atomic E-state index is 12.7. The summed E-state index contributed by atoms with van der Waals surface area (Å²) in [5, 5.41) is 0. The lowest BCUT2D eigenvalue weighted by molar-refractivity contribution is -0.236. The second kappa shape index (κ2) is 5.91. The predicted molar refractivity (Wildman–Crippen MR) is 58.8 cm³/mol. The summed E-state index contributed by atoms with van der Waals surface area (Å²) >= 11 is 0. The summed E-state index contributed by atoms with van der Waals surface area (Å²) in [6.45, 7) is 1.77. The Kier molecular flexibility index (Phi) is 5.01. The number of alkyl halides is 3. The van der Waals surface area contributed by atoms with Crippen molar-refractivity contribution in [1.82, 2.24) is 0 Å². The van der Waals surface area contributed by atoms with Crippen LogP contribution >= 0.6 is 0 Å². The van der Waals surface area contributed by atoms with Gasteiger partial charge in [0.1, 0.15) is 0 Å². The van der Waals surface area contributed by atoms with Gasteiger partial charge in [0.15, 0.2) is 12.2 Å². The molecule has 1 aliphatic carbocycles. The molecule has 0 aromatic heterocycles. The lowest BCUT2D eigenvalue weighted by Gasteiger charge is -2.28. The Bertz CT molecular complexity index is 285. The molecule has 0 amide bonds. The monoisotopic (exact) mass is 268 g/mol. The predicted octanol–water partition coefficient (Wildman–Crippen LogP) is 3.42. The summed E-state index contributed by atoms with van der Waals surface area (Å²) in [5.74, 6) is -1.27. The average molecular weight is 268 g/mol. The maximum atomic E-state index is 12.7. The number of hydrogen-bond donors (Lipinski definition) is 0. The number of esters is 1. The van der Waals surface area contributed by atoms with Crippen LogP contribution in [-0.4, -0.2) is 25.0 Å². The molecule has 0 aromatic rings. The van der Waals surface area contributed by atoms with E-state index in [9.17, 15) is 18.0 Å². The maximum Gasteiger partial charge on any atom is 0.404 e. The fourth-order valence-electron chi connectivity index (χ4n) is 1.86. The summed E-state index contributed by atoms with van der Waals surface area (Å²) in [5.41, 5.74) is -2.45. The van der Waals surface area contributed by atoms with Gasteiger partial charge in [-0.15, -0.1) is 0 Å². The molecule has 1 atom stereocenters. The molecule has 0 saturated heterocycles. The van der Waals surface area contributed by atoms with Gasteiger partial charge < -0.3 is 9.47 Å². The molecule has 1 fully saturated rings. The molecule has 1 aliphatic rings. The first kappa shape index (κ1) is 15.3. The van der Waals surface area contributed by atoms with Crippen molar-refractivity contribution in [3.8, 4) is 0 Å². The molecular weight excluding hydrogens is 249 g/mol. The van der Waals surface area contributed by atoms with Gasteiger partial charge in [0, 0.05) is 0 Å². The normalized spacial score (nSPS) is 20.7. The largest absolute Gasteiger partial charge is 0.438 e. The van der Waals surface area contributed by atoms with Gasteiger partial charge in [-0.3, -0.25) is 4.79 Å². The molecule has 1 rings (SSSR count).